The maximum atomic E-state index is 10.6. The molecule has 208 valence electrons. The van der Waals surface area contributed by atoms with E-state index in [-0.39, 0.29) is 12.1 Å². The highest BCUT2D eigenvalue weighted by Gasteiger charge is 2.38. The molecule has 0 radical (unpaired) electrons. The molecule has 1 saturated heterocycles. The fraction of sp³-hybridized carbons (Fsp3) is 0.613. The average Bonchev–Trinajstić information content (AvgIpc) is 2.96. The molecule has 0 aromatic heterocycles. The van der Waals surface area contributed by atoms with Crippen LogP contribution in [0.15, 0.2) is 24.3 Å². The summed E-state index contributed by atoms with van der Waals surface area (Å²) >= 11 is 0. The van der Waals surface area contributed by atoms with Gasteiger partial charge in [0.15, 0.2) is 23.0 Å². The van der Waals surface area contributed by atoms with Crippen molar-refractivity contribution in [1.82, 2.24) is 9.80 Å². The number of hydrogen-bond donors (Lipinski definition) is 1. The van der Waals surface area contributed by atoms with E-state index in [0.717, 1.165) is 74.7 Å². The van der Waals surface area contributed by atoms with Gasteiger partial charge in [0.25, 0.3) is 0 Å². The van der Waals surface area contributed by atoms with Crippen LogP contribution in [0.5, 0.6) is 23.0 Å². The van der Waals surface area contributed by atoms with Crippen LogP contribution < -0.4 is 18.9 Å². The lowest BCUT2D eigenvalue weighted by molar-refractivity contribution is 0.0502. The second-order valence-corrected chi connectivity index (χ2v) is 11.1. The van der Waals surface area contributed by atoms with E-state index in [1.165, 1.54) is 28.7 Å². The summed E-state index contributed by atoms with van der Waals surface area (Å²) in [6.45, 7) is 5.93. The summed E-state index contributed by atoms with van der Waals surface area (Å²) in [6.07, 6.45) is 5.87. The summed E-state index contributed by atoms with van der Waals surface area (Å²) in [5.74, 6) is 3.80. The Morgan fingerprint density at radius 1 is 0.816 bits per heavy atom. The SMILES string of the molecule is CCC(O)CN1CCc2cc(OC)c(OC)cc2C1CC1CCN2CCc3cc(OC)c(OC)cc3C2C1. The molecule has 38 heavy (non-hydrogen) atoms. The van der Waals surface area contributed by atoms with Gasteiger partial charge in [0.2, 0.25) is 0 Å². The number of ether oxygens (including phenoxy) is 4. The molecule has 7 heteroatoms. The van der Waals surface area contributed by atoms with E-state index in [2.05, 4.69) is 41.0 Å². The highest BCUT2D eigenvalue weighted by atomic mass is 16.5. The second-order valence-electron chi connectivity index (χ2n) is 11.1. The Morgan fingerprint density at radius 2 is 1.39 bits per heavy atom. The first-order valence-corrected chi connectivity index (χ1v) is 14.1. The summed E-state index contributed by atoms with van der Waals surface area (Å²) in [5.41, 5.74) is 5.45. The van der Waals surface area contributed by atoms with Gasteiger partial charge in [-0.3, -0.25) is 9.80 Å². The molecule has 3 aliphatic rings. The lowest BCUT2D eigenvalue weighted by atomic mass is 9.77. The average molecular weight is 525 g/mol. The molecule has 1 fully saturated rings. The number of nitrogens with zero attached hydrogens (tertiary/aromatic N) is 2. The summed E-state index contributed by atoms with van der Waals surface area (Å²) in [5, 5.41) is 10.6. The van der Waals surface area contributed by atoms with Gasteiger partial charge in [-0.1, -0.05) is 6.92 Å². The zero-order valence-electron chi connectivity index (χ0n) is 23.7. The van der Waals surface area contributed by atoms with Crippen LogP contribution in [0.2, 0.25) is 0 Å². The van der Waals surface area contributed by atoms with Crippen molar-refractivity contribution < 1.29 is 24.1 Å². The van der Waals surface area contributed by atoms with Crippen LogP contribution in [0.1, 0.15) is 66.9 Å². The Hall–Kier alpha value is -2.48. The first-order chi connectivity index (χ1) is 18.5. The topological polar surface area (TPSA) is 63.6 Å². The van der Waals surface area contributed by atoms with Crippen LogP contribution >= 0.6 is 0 Å². The molecule has 2 aromatic rings. The molecular weight excluding hydrogens is 480 g/mol. The molecule has 2 aromatic carbocycles. The van der Waals surface area contributed by atoms with Crippen molar-refractivity contribution in [2.45, 2.75) is 63.6 Å². The molecule has 1 N–H and O–H groups in total. The van der Waals surface area contributed by atoms with Gasteiger partial charge in [0.05, 0.1) is 34.5 Å². The van der Waals surface area contributed by atoms with Crippen LogP contribution in [-0.4, -0.2) is 75.6 Å². The first kappa shape index (κ1) is 27.1. The highest BCUT2D eigenvalue weighted by molar-refractivity contribution is 5.50. The zero-order chi connectivity index (χ0) is 26.8. The van der Waals surface area contributed by atoms with E-state index >= 15 is 0 Å². The second kappa shape index (κ2) is 11.7. The van der Waals surface area contributed by atoms with Gasteiger partial charge in [0.1, 0.15) is 0 Å². The van der Waals surface area contributed by atoms with Gasteiger partial charge < -0.3 is 24.1 Å². The maximum Gasteiger partial charge on any atom is 0.161 e. The number of methoxy groups -OCH3 is 4. The van der Waals surface area contributed by atoms with Gasteiger partial charge in [-0.15, -0.1) is 0 Å². The molecule has 0 aliphatic carbocycles. The smallest absolute Gasteiger partial charge is 0.161 e. The molecule has 3 aliphatic heterocycles. The fourth-order valence-electron chi connectivity index (χ4n) is 6.91. The number of β-amino-alcohol motifs (C(OH)–C–C–N with tert-alkyl or cyclic N) is 1. The van der Waals surface area contributed by atoms with E-state index in [1.807, 2.05) is 0 Å². The number of aliphatic hydroxyl groups excluding tert-OH is 1. The quantitative estimate of drug-likeness (QED) is 0.506. The molecule has 0 spiro atoms. The van der Waals surface area contributed by atoms with E-state index in [9.17, 15) is 5.11 Å². The number of aliphatic hydroxyl groups is 1. The van der Waals surface area contributed by atoms with E-state index in [0.29, 0.717) is 18.5 Å². The molecule has 7 nitrogen and oxygen atoms in total. The minimum atomic E-state index is -0.311. The number of rotatable bonds is 9. The summed E-state index contributed by atoms with van der Waals surface area (Å²) < 4.78 is 22.6. The van der Waals surface area contributed by atoms with Crippen LogP contribution in [0.3, 0.4) is 0 Å². The largest absolute Gasteiger partial charge is 0.493 e. The number of fused-ring (bicyclic) bond motifs is 4. The van der Waals surface area contributed by atoms with E-state index in [1.54, 1.807) is 28.4 Å². The van der Waals surface area contributed by atoms with Crippen LogP contribution in [0.4, 0.5) is 0 Å². The minimum absolute atomic E-state index is 0.254. The van der Waals surface area contributed by atoms with E-state index in [4.69, 9.17) is 18.9 Å². The standard InChI is InChI=1S/C31H44N2O5/c1-6-23(34)19-33-12-9-22-16-29(36-3)31(38-5)18-25(22)27(33)14-20-7-10-32-11-8-21-15-28(35-2)30(37-4)17-24(21)26(32)13-20/h15-18,20,23,26-27,34H,6-14,19H2,1-5H3. The Bertz CT molecular complexity index is 1120. The Labute approximate surface area is 227 Å². The van der Waals surface area contributed by atoms with Crippen LogP contribution in [0, 0.1) is 5.92 Å². The predicted molar refractivity (Wildman–Crippen MR) is 149 cm³/mol. The molecule has 3 heterocycles. The molecule has 4 atom stereocenters. The van der Waals surface area contributed by atoms with Crippen LogP contribution in [-0.2, 0) is 12.8 Å². The first-order valence-electron chi connectivity index (χ1n) is 14.1. The normalized spacial score (nSPS) is 24.1. The van der Waals surface area contributed by atoms with Crippen molar-refractivity contribution in [3.05, 3.63) is 46.5 Å². The van der Waals surface area contributed by atoms with Crippen molar-refractivity contribution in [2.75, 3.05) is 54.6 Å². The summed E-state index contributed by atoms with van der Waals surface area (Å²) in [4.78, 5) is 5.17. The zero-order valence-corrected chi connectivity index (χ0v) is 23.7. The molecular formula is C31H44N2O5. The van der Waals surface area contributed by atoms with Gasteiger partial charge in [0, 0.05) is 31.7 Å². The lowest BCUT2D eigenvalue weighted by Gasteiger charge is -2.46. The third-order valence-electron chi connectivity index (χ3n) is 9.08. The van der Waals surface area contributed by atoms with Crippen molar-refractivity contribution in [2.24, 2.45) is 5.92 Å². The van der Waals surface area contributed by atoms with Gasteiger partial charge in [-0.25, -0.2) is 0 Å². The van der Waals surface area contributed by atoms with Gasteiger partial charge in [-0.05, 0) is 97.5 Å². The Balaban J connectivity index is 1.43. The molecule has 0 bridgehead atoms. The molecule has 0 amide bonds. The van der Waals surface area contributed by atoms with Crippen LogP contribution in [0.25, 0.3) is 0 Å². The summed E-state index contributed by atoms with van der Waals surface area (Å²) in [6, 6.07) is 9.40. The third-order valence-corrected chi connectivity index (χ3v) is 9.08. The number of hydrogen-bond acceptors (Lipinski definition) is 7. The number of benzene rings is 2. The lowest BCUT2D eigenvalue weighted by Crippen LogP contribution is -2.44. The highest BCUT2D eigenvalue weighted by Crippen LogP contribution is 2.47. The Morgan fingerprint density at radius 3 is 2.03 bits per heavy atom. The fourth-order valence-corrected chi connectivity index (χ4v) is 6.91. The predicted octanol–water partition coefficient (Wildman–Crippen LogP) is 4.79. The third kappa shape index (κ3) is 5.21. The Kier molecular flexibility index (Phi) is 8.36. The molecule has 0 saturated carbocycles. The molecule has 5 rings (SSSR count). The minimum Gasteiger partial charge on any atom is -0.493 e. The van der Waals surface area contributed by atoms with Crippen molar-refractivity contribution in [3.63, 3.8) is 0 Å². The van der Waals surface area contributed by atoms with Gasteiger partial charge >= 0.3 is 0 Å². The van der Waals surface area contributed by atoms with Crippen molar-refractivity contribution >= 4 is 0 Å². The van der Waals surface area contributed by atoms with Gasteiger partial charge in [-0.2, -0.15) is 0 Å². The summed E-state index contributed by atoms with van der Waals surface area (Å²) in [7, 11) is 6.84. The van der Waals surface area contributed by atoms with Crippen molar-refractivity contribution in [3.8, 4) is 23.0 Å². The van der Waals surface area contributed by atoms with E-state index < -0.39 is 0 Å². The monoisotopic (exact) mass is 524 g/mol. The van der Waals surface area contributed by atoms with Crippen molar-refractivity contribution in [1.29, 1.82) is 0 Å². The number of piperidine rings is 1. The molecule has 4 unspecified atom stereocenters. The maximum absolute atomic E-state index is 10.6.